The summed E-state index contributed by atoms with van der Waals surface area (Å²) >= 11 is 11.9. The molecular formula is C13H17Cl2N. The van der Waals surface area contributed by atoms with Gasteiger partial charge in [0.1, 0.15) is 0 Å². The van der Waals surface area contributed by atoms with Gasteiger partial charge >= 0.3 is 0 Å². The lowest BCUT2D eigenvalue weighted by Gasteiger charge is -2.19. The summed E-state index contributed by atoms with van der Waals surface area (Å²) in [4.78, 5) is 0. The fraction of sp³-hybridized carbons (Fsp3) is 0.385. The van der Waals surface area contributed by atoms with E-state index in [-0.39, 0.29) is 6.04 Å². The van der Waals surface area contributed by atoms with Crippen molar-refractivity contribution in [2.45, 2.75) is 32.4 Å². The van der Waals surface area contributed by atoms with E-state index in [1.54, 1.807) is 0 Å². The van der Waals surface area contributed by atoms with Crippen LogP contribution in [-0.4, -0.2) is 6.04 Å². The van der Waals surface area contributed by atoms with Gasteiger partial charge in [-0.3, -0.25) is 0 Å². The van der Waals surface area contributed by atoms with Gasteiger partial charge in [0.25, 0.3) is 0 Å². The Morgan fingerprint density at radius 1 is 1.31 bits per heavy atom. The number of halogens is 2. The third kappa shape index (κ3) is 3.82. The van der Waals surface area contributed by atoms with Gasteiger partial charge in [-0.15, -0.1) is 6.58 Å². The van der Waals surface area contributed by atoms with Gasteiger partial charge in [0.15, 0.2) is 0 Å². The first-order chi connectivity index (χ1) is 7.54. The number of benzene rings is 1. The molecule has 1 nitrogen and oxygen atoms in total. The fourth-order valence-electron chi connectivity index (χ4n) is 1.62. The van der Waals surface area contributed by atoms with Crippen LogP contribution in [-0.2, 0) is 0 Å². The molecule has 88 valence electrons. The Kier molecular flexibility index (Phi) is 5.33. The highest BCUT2D eigenvalue weighted by Crippen LogP contribution is 2.25. The van der Waals surface area contributed by atoms with E-state index >= 15 is 0 Å². The molecule has 0 radical (unpaired) electrons. The average Bonchev–Trinajstić information content (AvgIpc) is 2.22. The molecule has 2 unspecified atom stereocenters. The van der Waals surface area contributed by atoms with Gasteiger partial charge in [-0.2, -0.15) is 0 Å². The Labute approximate surface area is 107 Å². The monoisotopic (exact) mass is 257 g/mol. The van der Waals surface area contributed by atoms with Crippen LogP contribution in [0.5, 0.6) is 0 Å². The fourth-order valence-corrected chi connectivity index (χ4v) is 1.93. The standard InChI is InChI=1S/C13H17Cl2N/c1-4-5-9(2)16-10(3)11-6-7-12(14)13(15)8-11/h4,6-10,16H,1,5H2,2-3H3. The van der Waals surface area contributed by atoms with Crippen LogP contribution in [0.3, 0.4) is 0 Å². The van der Waals surface area contributed by atoms with Crippen molar-refractivity contribution < 1.29 is 0 Å². The van der Waals surface area contributed by atoms with E-state index in [1.165, 1.54) is 0 Å². The minimum Gasteiger partial charge on any atom is -0.307 e. The summed E-state index contributed by atoms with van der Waals surface area (Å²) in [6.45, 7) is 7.97. The lowest BCUT2D eigenvalue weighted by molar-refractivity contribution is 0.482. The predicted molar refractivity (Wildman–Crippen MR) is 72.3 cm³/mol. The van der Waals surface area contributed by atoms with E-state index in [0.29, 0.717) is 16.1 Å². The Morgan fingerprint density at radius 2 is 2.00 bits per heavy atom. The molecule has 2 atom stereocenters. The van der Waals surface area contributed by atoms with Crippen LogP contribution < -0.4 is 5.32 Å². The number of nitrogens with one attached hydrogen (secondary N) is 1. The Morgan fingerprint density at radius 3 is 2.56 bits per heavy atom. The second-order valence-corrected chi connectivity index (χ2v) is 4.80. The van der Waals surface area contributed by atoms with Crippen LogP contribution in [0, 0.1) is 0 Å². The van der Waals surface area contributed by atoms with E-state index < -0.39 is 0 Å². The van der Waals surface area contributed by atoms with Crippen LogP contribution >= 0.6 is 23.2 Å². The SMILES string of the molecule is C=CCC(C)NC(C)c1ccc(Cl)c(Cl)c1. The molecule has 0 aliphatic heterocycles. The van der Waals surface area contributed by atoms with Crippen molar-refractivity contribution in [3.8, 4) is 0 Å². The Balaban J connectivity index is 2.68. The smallest absolute Gasteiger partial charge is 0.0595 e. The zero-order valence-corrected chi connectivity index (χ0v) is 11.1. The van der Waals surface area contributed by atoms with Crippen LogP contribution in [0.2, 0.25) is 10.0 Å². The summed E-state index contributed by atoms with van der Waals surface area (Å²) in [5.41, 5.74) is 1.14. The lowest BCUT2D eigenvalue weighted by Crippen LogP contribution is -2.28. The van der Waals surface area contributed by atoms with Gasteiger partial charge in [-0.05, 0) is 38.0 Å². The van der Waals surface area contributed by atoms with Crippen molar-refractivity contribution in [2.75, 3.05) is 0 Å². The highest BCUT2D eigenvalue weighted by molar-refractivity contribution is 6.42. The molecule has 0 saturated heterocycles. The molecule has 0 amide bonds. The minimum atomic E-state index is 0.254. The first-order valence-electron chi connectivity index (χ1n) is 5.36. The zero-order valence-electron chi connectivity index (χ0n) is 9.63. The summed E-state index contributed by atoms with van der Waals surface area (Å²) in [5, 5.41) is 4.67. The molecule has 0 aromatic heterocycles. The molecule has 1 N–H and O–H groups in total. The van der Waals surface area contributed by atoms with E-state index in [4.69, 9.17) is 23.2 Å². The van der Waals surface area contributed by atoms with Gasteiger partial charge in [0, 0.05) is 12.1 Å². The number of hydrogen-bond acceptors (Lipinski definition) is 1. The molecule has 0 spiro atoms. The maximum Gasteiger partial charge on any atom is 0.0595 e. The minimum absolute atomic E-state index is 0.254. The zero-order chi connectivity index (χ0) is 12.1. The van der Waals surface area contributed by atoms with Gasteiger partial charge in [0.2, 0.25) is 0 Å². The van der Waals surface area contributed by atoms with Gasteiger partial charge in [-0.25, -0.2) is 0 Å². The van der Waals surface area contributed by atoms with Crippen molar-refractivity contribution in [3.05, 3.63) is 46.5 Å². The average molecular weight is 258 g/mol. The molecular weight excluding hydrogens is 241 g/mol. The van der Waals surface area contributed by atoms with Crippen LogP contribution in [0.25, 0.3) is 0 Å². The first-order valence-corrected chi connectivity index (χ1v) is 6.12. The van der Waals surface area contributed by atoms with E-state index in [0.717, 1.165) is 12.0 Å². The lowest BCUT2D eigenvalue weighted by atomic mass is 10.1. The van der Waals surface area contributed by atoms with Gasteiger partial charge in [-0.1, -0.05) is 35.3 Å². The van der Waals surface area contributed by atoms with Crippen molar-refractivity contribution in [3.63, 3.8) is 0 Å². The Bertz CT molecular complexity index is 363. The normalized spacial score (nSPS) is 14.5. The highest BCUT2D eigenvalue weighted by Gasteiger charge is 2.09. The summed E-state index contributed by atoms with van der Waals surface area (Å²) in [5.74, 6) is 0. The third-order valence-electron chi connectivity index (χ3n) is 2.50. The summed E-state index contributed by atoms with van der Waals surface area (Å²) < 4.78 is 0. The topological polar surface area (TPSA) is 12.0 Å². The molecule has 0 heterocycles. The first kappa shape index (κ1) is 13.6. The molecule has 0 fully saturated rings. The van der Waals surface area contributed by atoms with Gasteiger partial charge in [0.05, 0.1) is 10.0 Å². The molecule has 1 aromatic carbocycles. The third-order valence-corrected chi connectivity index (χ3v) is 3.24. The summed E-state index contributed by atoms with van der Waals surface area (Å²) in [6, 6.07) is 6.39. The second-order valence-electron chi connectivity index (χ2n) is 3.99. The molecule has 1 rings (SSSR count). The van der Waals surface area contributed by atoms with E-state index in [1.807, 2.05) is 24.3 Å². The summed E-state index contributed by atoms with van der Waals surface area (Å²) in [7, 11) is 0. The summed E-state index contributed by atoms with van der Waals surface area (Å²) in [6.07, 6.45) is 2.87. The predicted octanol–water partition coefficient (Wildman–Crippen LogP) is 4.61. The van der Waals surface area contributed by atoms with Crippen molar-refractivity contribution in [1.82, 2.24) is 5.32 Å². The molecule has 0 aliphatic rings. The molecule has 0 bridgehead atoms. The van der Waals surface area contributed by atoms with Gasteiger partial charge < -0.3 is 5.32 Å². The van der Waals surface area contributed by atoms with E-state index in [2.05, 4.69) is 25.7 Å². The number of rotatable bonds is 5. The van der Waals surface area contributed by atoms with Crippen LogP contribution in [0.4, 0.5) is 0 Å². The van der Waals surface area contributed by atoms with Crippen LogP contribution in [0.15, 0.2) is 30.9 Å². The van der Waals surface area contributed by atoms with E-state index in [9.17, 15) is 0 Å². The molecule has 3 heteroatoms. The Hall–Kier alpha value is -0.500. The largest absolute Gasteiger partial charge is 0.307 e. The number of hydrogen-bond donors (Lipinski definition) is 1. The van der Waals surface area contributed by atoms with Crippen molar-refractivity contribution in [2.24, 2.45) is 0 Å². The molecule has 0 aliphatic carbocycles. The molecule has 16 heavy (non-hydrogen) atoms. The highest BCUT2D eigenvalue weighted by atomic mass is 35.5. The van der Waals surface area contributed by atoms with Crippen molar-refractivity contribution in [1.29, 1.82) is 0 Å². The molecule has 1 aromatic rings. The molecule has 0 saturated carbocycles. The quantitative estimate of drug-likeness (QED) is 0.760. The maximum absolute atomic E-state index is 5.98. The maximum atomic E-state index is 5.98. The second kappa shape index (κ2) is 6.29. The van der Waals surface area contributed by atoms with Crippen LogP contribution in [0.1, 0.15) is 31.9 Å². The van der Waals surface area contributed by atoms with Crippen molar-refractivity contribution >= 4 is 23.2 Å².